The Morgan fingerprint density at radius 1 is 0.317 bits per heavy atom. The minimum atomic E-state index is -3.21. The van der Waals surface area contributed by atoms with Crippen molar-refractivity contribution in [3.63, 3.8) is 0 Å². The van der Waals surface area contributed by atoms with E-state index in [1.165, 1.54) is 20.7 Å². The van der Waals surface area contributed by atoms with Crippen LogP contribution in [0.2, 0.25) is 0 Å². The van der Waals surface area contributed by atoms with Gasteiger partial charge in [0.2, 0.25) is 5.95 Å². The molecule has 9 aromatic carbocycles. The summed E-state index contributed by atoms with van der Waals surface area (Å²) in [5.41, 5.74) is 7.20. The molecule has 3 heterocycles. The molecule has 0 atom stereocenters. The fourth-order valence-corrected chi connectivity index (χ4v) is 14.9. The van der Waals surface area contributed by atoms with Gasteiger partial charge in [0.25, 0.3) is 0 Å². The van der Waals surface area contributed by atoms with E-state index in [-0.39, 0.29) is 0 Å². The molecule has 296 valence electrons. The summed E-state index contributed by atoms with van der Waals surface area (Å²) in [5, 5.41) is 9.58. The van der Waals surface area contributed by atoms with E-state index in [0.29, 0.717) is 17.6 Å². The summed E-state index contributed by atoms with van der Waals surface area (Å²) in [4.78, 5) is 16.7. The molecule has 0 unspecified atom stereocenters. The highest BCUT2D eigenvalue weighted by Crippen LogP contribution is 2.39. The normalized spacial score (nSPS) is 11.8. The maximum atomic E-state index is 5.73. The lowest BCUT2D eigenvalue weighted by atomic mass is 10.1. The molecular weight excluding hydrogens is 783 g/mol. The van der Waals surface area contributed by atoms with Crippen molar-refractivity contribution in [2.75, 3.05) is 0 Å². The highest BCUT2D eigenvalue weighted by molar-refractivity contribution is 7.20. The van der Waals surface area contributed by atoms with Gasteiger partial charge in [0.05, 0.1) is 22.1 Å². The molecule has 0 aliphatic rings. The van der Waals surface area contributed by atoms with Gasteiger partial charge >= 0.3 is 0 Å². The first-order valence-electron chi connectivity index (χ1n) is 21.4. The van der Waals surface area contributed by atoms with Crippen LogP contribution in [0.5, 0.6) is 0 Å². The molecule has 0 bridgehead atoms. The first kappa shape index (κ1) is 36.6. The molecule has 0 fully saturated rings. The Morgan fingerprint density at radius 2 is 0.730 bits per heavy atom. The predicted octanol–water partition coefficient (Wildman–Crippen LogP) is 10.8. The molecule has 0 saturated heterocycles. The van der Waals surface area contributed by atoms with Gasteiger partial charge in [-0.1, -0.05) is 206 Å². The third-order valence-corrected chi connectivity index (χ3v) is 17.4. The van der Waals surface area contributed by atoms with E-state index in [4.69, 9.17) is 15.0 Å². The van der Waals surface area contributed by atoms with Gasteiger partial charge in [-0.25, -0.2) is 4.98 Å². The zero-order chi connectivity index (χ0) is 41.7. The van der Waals surface area contributed by atoms with E-state index in [0.717, 1.165) is 60.4 Å². The molecule has 6 heteroatoms. The monoisotopic (exact) mass is 821 g/mol. The highest BCUT2D eigenvalue weighted by atomic mass is 28.3. The molecule has 0 amide bonds. The van der Waals surface area contributed by atoms with Crippen molar-refractivity contribution < 1.29 is 0 Å². The van der Waals surface area contributed by atoms with Crippen LogP contribution in [0.1, 0.15) is 0 Å². The van der Waals surface area contributed by atoms with Crippen molar-refractivity contribution in [2.24, 2.45) is 0 Å². The SMILES string of the molecule is c1ccc(-c2nc(-c3c([Si](c4ccccc4)(c4ccccc4)c4ccccc4)ccc4c5ccccc5n(-c5ccccc5)c34)nc(-n3c4ccccc4c4ccccc43)n2)cc1. The number of hydrogen-bond acceptors (Lipinski definition) is 3. The lowest BCUT2D eigenvalue weighted by Crippen LogP contribution is -2.75. The topological polar surface area (TPSA) is 48.5 Å². The Hall–Kier alpha value is -8.19. The second-order valence-corrected chi connectivity index (χ2v) is 19.7. The number of benzene rings is 9. The van der Waals surface area contributed by atoms with Gasteiger partial charge in [-0.2, -0.15) is 9.97 Å². The van der Waals surface area contributed by atoms with Crippen LogP contribution in [0, 0.1) is 0 Å². The fourth-order valence-electron chi connectivity index (χ4n) is 9.90. The maximum absolute atomic E-state index is 5.73. The third-order valence-electron chi connectivity index (χ3n) is 12.5. The molecule has 12 rings (SSSR count). The number of nitrogens with zero attached hydrogens (tertiary/aromatic N) is 5. The molecular formula is C57H39N5Si. The first-order valence-corrected chi connectivity index (χ1v) is 23.4. The van der Waals surface area contributed by atoms with Crippen molar-refractivity contribution in [3.8, 4) is 34.4 Å². The summed E-state index contributed by atoms with van der Waals surface area (Å²) in [7, 11) is -3.21. The molecule has 0 aliphatic heterocycles. The Kier molecular flexibility index (Phi) is 8.76. The smallest absolute Gasteiger partial charge is 0.238 e. The minimum absolute atomic E-state index is 0.563. The molecule has 5 nitrogen and oxygen atoms in total. The molecule has 0 saturated carbocycles. The zero-order valence-electron chi connectivity index (χ0n) is 34.3. The minimum Gasteiger partial charge on any atom is -0.309 e. The summed E-state index contributed by atoms with van der Waals surface area (Å²) in [6, 6.07) is 85.0. The predicted molar refractivity (Wildman–Crippen MR) is 263 cm³/mol. The first-order chi connectivity index (χ1) is 31.3. The van der Waals surface area contributed by atoms with E-state index < -0.39 is 8.07 Å². The van der Waals surface area contributed by atoms with Crippen LogP contribution in [0.25, 0.3) is 78.0 Å². The second-order valence-electron chi connectivity index (χ2n) is 15.9. The van der Waals surface area contributed by atoms with Crippen molar-refractivity contribution in [3.05, 3.63) is 237 Å². The summed E-state index contributed by atoms with van der Waals surface area (Å²) in [6.45, 7) is 0. The largest absolute Gasteiger partial charge is 0.309 e. The van der Waals surface area contributed by atoms with E-state index in [1.807, 2.05) is 6.07 Å². The molecule has 0 spiro atoms. The van der Waals surface area contributed by atoms with Crippen LogP contribution in [-0.4, -0.2) is 32.2 Å². The standard InChI is InChI=1S/C57H39N5Si/c1-6-22-40(23-7-1)55-58-56(60-57(59-55)62-50-36-20-16-32-45(50)46-33-17-21-37-51(46)62)53-52(39-38-48-47-34-18-19-35-49(47)61(54(48)53)41-24-8-2-9-25-41)63(42-26-10-3-11-27-42,43-28-12-4-13-29-43)44-30-14-5-15-31-44/h1-39H. The third kappa shape index (κ3) is 5.80. The van der Waals surface area contributed by atoms with Crippen LogP contribution in [0.4, 0.5) is 0 Å². The van der Waals surface area contributed by atoms with Gasteiger partial charge in [0.15, 0.2) is 19.7 Å². The molecule has 0 aliphatic carbocycles. The summed E-state index contributed by atoms with van der Waals surface area (Å²) >= 11 is 0. The lowest BCUT2D eigenvalue weighted by molar-refractivity contribution is 0.954. The summed E-state index contributed by atoms with van der Waals surface area (Å²) in [6.07, 6.45) is 0. The number of fused-ring (bicyclic) bond motifs is 6. The van der Waals surface area contributed by atoms with E-state index in [2.05, 4.69) is 240 Å². The summed E-state index contributed by atoms with van der Waals surface area (Å²) < 4.78 is 4.64. The summed E-state index contributed by atoms with van der Waals surface area (Å²) in [5.74, 6) is 1.78. The maximum Gasteiger partial charge on any atom is 0.238 e. The van der Waals surface area contributed by atoms with Gasteiger partial charge in [0, 0.05) is 38.4 Å². The molecule has 0 radical (unpaired) electrons. The average Bonchev–Trinajstić information content (AvgIpc) is 3.89. The van der Waals surface area contributed by atoms with Gasteiger partial charge in [-0.05, 0) is 51.1 Å². The van der Waals surface area contributed by atoms with Gasteiger partial charge in [-0.15, -0.1) is 0 Å². The van der Waals surface area contributed by atoms with Crippen molar-refractivity contribution >= 4 is 72.4 Å². The molecule has 63 heavy (non-hydrogen) atoms. The van der Waals surface area contributed by atoms with Gasteiger partial charge in [0.1, 0.15) is 0 Å². The fraction of sp³-hybridized carbons (Fsp3) is 0. The zero-order valence-corrected chi connectivity index (χ0v) is 35.3. The Morgan fingerprint density at radius 3 is 1.25 bits per heavy atom. The molecule has 3 aromatic heterocycles. The molecule has 12 aromatic rings. The van der Waals surface area contributed by atoms with Crippen molar-refractivity contribution in [2.45, 2.75) is 0 Å². The number of para-hydroxylation sites is 4. The van der Waals surface area contributed by atoms with Gasteiger partial charge in [-0.3, -0.25) is 4.57 Å². The Labute approximate surface area is 365 Å². The average molecular weight is 822 g/mol. The van der Waals surface area contributed by atoms with Gasteiger partial charge < -0.3 is 4.57 Å². The van der Waals surface area contributed by atoms with E-state index in [9.17, 15) is 0 Å². The van der Waals surface area contributed by atoms with E-state index >= 15 is 0 Å². The number of hydrogen-bond donors (Lipinski definition) is 0. The quantitative estimate of drug-likeness (QED) is 0.113. The van der Waals surface area contributed by atoms with Crippen molar-refractivity contribution in [1.82, 2.24) is 24.1 Å². The Balaban J connectivity index is 1.32. The lowest BCUT2D eigenvalue weighted by Gasteiger charge is -2.36. The van der Waals surface area contributed by atoms with E-state index in [1.54, 1.807) is 0 Å². The van der Waals surface area contributed by atoms with Crippen molar-refractivity contribution in [1.29, 1.82) is 0 Å². The number of rotatable bonds is 8. The van der Waals surface area contributed by atoms with Crippen LogP contribution in [0.15, 0.2) is 237 Å². The molecule has 0 N–H and O–H groups in total. The van der Waals surface area contributed by atoms with Crippen LogP contribution < -0.4 is 20.7 Å². The van der Waals surface area contributed by atoms with Crippen LogP contribution >= 0.6 is 0 Å². The van der Waals surface area contributed by atoms with Crippen LogP contribution in [0.3, 0.4) is 0 Å². The van der Waals surface area contributed by atoms with Crippen LogP contribution in [-0.2, 0) is 0 Å². The highest BCUT2D eigenvalue weighted by Gasteiger charge is 2.44. The number of aromatic nitrogens is 5. The Bertz CT molecular complexity index is 3460. The second kappa shape index (κ2) is 15.1.